The van der Waals surface area contributed by atoms with Crippen LogP contribution in [0.3, 0.4) is 0 Å². The van der Waals surface area contributed by atoms with Crippen LogP contribution in [0, 0.1) is 22.7 Å². The van der Waals surface area contributed by atoms with E-state index in [9.17, 15) is 0 Å². The van der Waals surface area contributed by atoms with Crippen LogP contribution < -0.4 is 4.74 Å². The van der Waals surface area contributed by atoms with E-state index in [2.05, 4.69) is 0 Å². The van der Waals surface area contributed by atoms with Gasteiger partial charge in [-0.3, -0.25) is 0 Å². The molecule has 2 aromatic carbocycles. The summed E-state index contributed by atoms with van der Waals surface area (Å²) in [6, 6.07) is 15.0. The molecule has 3 nitrogen and oxygen atoms in total. The van der Waals surface area contributed by atoms with Crippen LogP contribution >= 0.6 is 0 Å². The molecule has 88 valence electrons. The van der Waals surface area contributed by atoms with E-state index in [-0.39, 0.29) is 0 Å². The molecule has 1 aliphatic rings. The Morgan fingerprint density at radius 1 is 0.789 bits per heavy atom. The van der Waals surface area contributed by atoms with Crippen LogP contribution in [-0.2, 0) is 0 Å². The highest BCUT2D eigenvalue weighted by molar-refractivity contribution is 5.78. The second-order valence-corrected chi connectivity index (χ2v) is 4.13. The number of hydrogen-bond acceptors (Lipinski definition) is 3. The van der Waals surface area contributed by atoms with Gasteiger partial charge in [0.25, 0.3) is 0 Å². The minimum Gasteiger partial charge on any atom is -0.456 e. The summed E-state index contributed by atoms with van der Waals surface area (Å²) >= 11 is 0. The molecule has 0 spiro atoms. The topological polar surface area (TPSA) is 56.8 Å². The molecule has 19 heavy (non-hydrogen) atoms. The van der Waals surface area contributed by atoms with Gasteiger partial charge < -0.3 is 4.74 Å². The van der Waals surface area contributed by atoms with E-state index in [1.54, 1.807) is 12.1 Å². The third kappa shape index (κ3) is 1.84. The molecule has 1 heterocycles. The lowest BCUT2D eigenvalue weighted by molar-refractivity contribution is 0.481. The van der Waals surface area contributed by atoms with E-state index in [4.69, 9.17) is 15.3 Å². The third-order valence-electron chi connectivity index (χ3n) is 2.97. The number of fused-ring (bicyclic) bond motifs is 2. The Bertz CT molecular complexity index is 776. The van der Waals surface area contributed by atoms with Crippen molar-refractivity contribution in [3.63, 3.8) is 0 Å². The molecular formula is C16H8N2O. The summed E-state index contributed by atoms with van der Waals surface area (Å²) in [5, 5.41) is 18.1. The highest BCUT2D eigenvalue weighted by atomic mass is 16.5. The van der Waals surface area contributed by atoms with Crippen LogP contribution in [0.2, 0.25) is 0 Å². The van der Waals surface area contributed by atoms with Crippen molar-refractivity contribution in [1.29, 1.82) is 10.5 Å². The Kier molecular flexibility index (Phi) is 2.52. The SMILES string of the molecule is N#Cc1cc2c(cc1C#N)Oc1ccccc1C=C2. The lowest BCUT2D eigenvalue weighted by atomic mass is 10.0. The van der Waals surface area contributed by atoms with Crippen molar-refractivity contribution in [2.45, 2.75) is 0 Å². The maximum Gasteiger partial charge on any atom is 0.136 e. The van der Waals surface area contributed by atoms with E-state index < -0.39 is 0 Å². The molecule has 0 fully saturated rings. The first kappa shape index (κ1) is 11.1. The number of nitrogens with zero attached hydrogens (tertiary/aromatic N) is 2. The average Bonchev–Trinajstić information content (AvgIpc) is 2.64. The number of hydrogen-bond donors (Lipinski definition) is 0. The molecular weight excluding hydrogens is 236 g/mol. The van der Waals surface area contributed by atoms with E-state index in [0.717, 1.165) is 16.9 Å². The molecule has 0 saturated heterocycles. The summed E-state index contributed by atoms with van der Waals surface area (Å²) in [4.78, 5) is 0. The van der Waals surface area contributed by atoms with Gasteiger partial charge in [-0.1, -0.05) is 30.4 Å². The normalized spacial score (nSPS) is 11.3. The van der Waals surface area contributed by atoms with Gasteiger partial charge in [0.1, 0.15) is 23.6 Å². The molecule has 0 amide bonds. The highest BCUT2D eigenvalue weighted by Crippen LogP contribution is 2.35. The summed E-state index contributed by atoms with van der Waals surface area (Å²) in [5.41, 5.74) is 2.46. The average molecular weight is 244 g/mol. The van der Waals surface area contributed by atoms with Crippen LogP contribution in [-0.4, -0.2) is 0 Å². The fourth-order valence-electron chi connectivity index (χ4n) is 2.01. The minimum atomic E-state index is 0.328. The first-order valence-electron chi connectivity index (χ1n) is 5.75. The Morgan fingerprint density at radius 2 is 1.47 bits per heavy atom. The zero-order valence-corrected chi connectivity index (χ0v) is 9.92. The second kappa shape index (κ2) is 4.33. The Labute approximate surface area is 110 Å². The first-order chi connectivity index (χ1) is 9.31. The maximum atomic E-state index is 9.04. The Balaban J connectivity index is 2.21. The molecule has 2 aromatic rings. The van der Waals surface area contributed by atoms with Crippen molar-refractivity contribution in [3.8, 4) is 23.6 Å². The Hall–Kier alpha value is -3.04. The van der Waals surface area contributed by atoms with Gasteiger partial charge in [0.05, 0.1) is 11.1 Å². The third-order valence-corrected chi connectivity index (χ3v) is 2.97. The molecule has 0 radical (unpaired) electrons. The van der Waals surface area contributed by atoms with Crippen molar-refractivity contribution in [2.24, 2.45) is 0 Å². The van der Waals surface area contributed by atoms with E-state index in [0.29, 0.717) is 16.9 Å². The summed E-state index contributed by atoms with van der Waals surface area (Å²) in [6.07, 6.45) is 3.83. The zero-order valence-electron chi connectivity index (χ0n) is 9.92. The van der Waals surface area contributed by atoms with E-state index in [1.165, 1.54) is 0 Å². The van der Waals surface area contributed by atoms with Crippen LogP contribution in [0.15, 0.2) is 36.4 Å². The van der Waals surface area contributed by atoms with Crippen molar-refractivity contribution in [1.82, 2.24) is 0 Å². The molecule has 0 aliphatic carbocycles. The number of nitriles is 2. The molecule has 1 aliphatic heterocycles. The lowest BCUT2D eigenvalue weighted by Gasteiger charge is -2.09. The van der Waals surface area contributed by atoms with Gasteiger partial charge in [0.2, 0.25) is 0 Å². The molecule has 0 saturated carbocycles. The molecule has 3 rings (SSSR count). The second-order valence-electron chi connectivity index (χ2n) is 4.13. The molecule has 3 heteroatoms. The van der Waals surface area contributed by atoms with Gasteiger partial charge in [0.15, 0.2) is 0 Å². The van der Waals surface area contributed by atoms with Crippen LogP contribution in [0.1, 0.15) is 22.3 Å². The van der Waals surface area contributed by atoms with Crippen molar-refractivity contribution < 1.29 is 4.74 Å². The summed E-state index contributed by atoms with van der Waals surface area (Å²) in [5.74, 6) is 1.34. The van der Waals surface area contributed by atoms with Gasteiger partial charge in [-0.2, -0.15) is 10.5 Å². The smallest absolute Gasteiger partial charge is 0.136 e. The number of rotatable bonds is 0. The number of benzene rings is 2. The summed E-state index contributed by atoms with van der Waals surface area (Å²) < 4.78 is 5.82. The van der Waals surface area contributed by atoms with Crippen molar-refractivity contribution in [2.75, 3.05) is 0 Å². The largest absolute Gasteiger partial charge is 0.456 e. The van der Waals surface area contributed by atoms with Gasteiger partial charge in [0, 0.05) is 17.2 Å². The van der Waals surface area contributed by atoms with E-state index >= 15 is 0 Å². The monoisotopic (exact) mass is 244 g/mol. The van der Waals surface area contributed by atoms with Crippen molar-refractivity contribution in [3.05, 3.63) is 58.7 Å². The van der Waals surface area contributed by atoms with Gasteiger partial charge in [-0.05, 0) is 12.1 Å². The predicted molar refractivity (Wildman–Crippen MR) is 71.3 cm³/mol. The molecule has 0 bridgehead atoms. The highest BCUT2D eigenvalue weighted by Gasteiger charge is 2.13. The van der Waals surface area contributed by atoms with Crippen LogP contribution in [0.5, 0.6) is 11.5 Å². The Morgan fingerprint density at radius 3 is 2.26 bits per heavy atom. The first-order valence-corrected chi connectivity index (χ1v) is 5.75. The van der Waals surface area contributed by atoms with E-state index in [1.807, 2.05) is 48.6 Å². The fraction of sp³-hybridized carbons (Fsp3) is 0. The van der Waals surface area contributed by atoms with Gasteiger partial charge >= 0.3 is 0 Å². The standard InChI is InChI=1S/C16H8N2O/c17-9-13-7-12-6-5-11-3-1-2-4-15(11)19-16(12)8-14(13)10-18/h1-8H. The molecule has 0 unspecified atom stereocenters. The maximum absolute atomic E-state index is 9.04. The quantitative estimate of drug-likeness (QED) is 0.605. The number of ether oxygens (including phenoxy) is 1. The summed E-state index contributed by atoms with van der Waals surface area (Å²) in [7, 11) is 0. The molecule has 0 aromatic heterocycles. The zero-order chi connectivity index (χ0) is 13.2. The van der Waals surface area contributed by atoms with Gasteiger partial charge in [-0.15, -0.1) is 0 Å². The van der Waals surface area contributed by atoms with Gasteiger partial charge in [-0.25, -0.2) is 0 Å². The van der Waals surface area contributed by atoms with Crippen LogP contribution in [0.4, 0.5) is 0 Å². The molecule has 0 N–H and O–H groups in total. The number of para-hydroxylation sites is 1. The minimum absolute atomic E-state index is 0.328. The predicted octanol–water partition coefficient (Wildman–Crippen LogP) is 3.71. The van der Waals surface area contributed by atoms with Crippen LogP contribution in [0.25, 0.3) is 12.2 Å². The lowest BCUT2D eigenvalue weighted by Crippen LogP contribution is -1.91. The molecule has 0 atom stereocenters. The van der Waals surface area contributed by atoms with Crippen molar-refractivity contribution >= 4 is 12.2 Å². The fourth-order valence-corrected chi connectivity index (χ4v) is 2.01. The summed E-state index contributed by atoms with van der Waals surface area (Å²) in [6.45, 7) is 0.